The molecule has 2 aromatic carbocycles. The first-order valence-corrected chi connectivity index (χ1v) is 12.9. The molecule has 2 aliphatic rings. The fourth-order valence-electron chi connectivity index (χ4n) is 5.88. The molecule has 2 fully saturated rings. The van der Waals surface area contributed by atoms with Gasteiger partial charge < -0.3 is 20.5 Å². The highest BCUT2D eigenvalue weighted by Gasteiger charge is 2.42. The van der Waals surface area contributed by atoms with E-state index in [-0.39, 0.29) is 17.9 Å². The number of rotatable bonds is 6. The normalized spacial score (nSPS) is 20.7. The van der Waals surface area contributed by atoms with Crippen molar-refractivity contribution in [3.63, 3.8) is 0 Å². The van der Waals surface area contributed by atoms with Crippen molar-refractivity contribution in [2.45, 2.75) is 57.3 Å². The highest BCUT2D eigenvalue weighted by atomic mass is 16.2. The van der Waals surface area contributed by atoms with Crippen molar-refractivity contribution in [2.75, 3.05) is 4.90 Å². The summed E-state index contributed by atoms with van der Waals surface area (Å²) in [6, 6.07) is 18.2. The summed E-state index contributed by atoms with van der Waals surface area (Å²) in [5, 5.41) is 6.24. The molecule has 37 heavy (non-hydrogen) atoms. The molecule has 0 spiro atoms. The maximum Gasteiger partial charge on any atom is 0.253 e. The topological polar surface area (TPSA) is 103 Å². The van der Waals surface area contributed by atoms with Crippen LogP contribution < -0.4 is 15.5 Å². The molecule has 2 bridgehead atoms. The van der Waals surface area contributed by atoms with Gasteiger partial charge in [-0.05, 0) is 68.0 Å². The Labute approximate surface area is 215 Å². The number of carbonyl (C=O) groups is 2. The van der Waals surface area contributed by atoms with Gasteiger partial charge in [-0.15, -0.1) is 0 Å². The van der Waals surface area contributed by atoms with Crippen LogP contribution in [0.5, 0.6) is 0 Å². The molecule has 2 saturated heterocycles. The summed E-state index contributed by atoms with van der Waals surface area (Å²) in [5.41, 5.74) is 4.96. The zero-order chi connectivity index (χ0) is 25.4. The smallest absolute Gasteiger partial charge is 0.253 e. The molecule has 2 aromatic heterocycles. The average Bonchev–Trinajstić information content (AvgIpc) is 3.51. The molecule has 2 aliphatic heterocycles. The van der Waals surface area contributed by atoms with Crippen molar-refractivity contribution in [3.8, 4) is 0 Å². The van der Waals surface area contributed by atoms with Crippen LogP contribution in [0.15, 0.2) is 67.1 Å². The third-order valence-electron chi connectivity index (χ3n) is 7.73. The third kappa shape index (κ3) is 4.55. The Bertz CT molecular complexity index is 1420. The maximum atomic E-state index is 13.1. The minimum atomic E-state index is -0.129. The number of pyridine rings is 1. The lowest BCUT2D eigenvalue weighted by Crippen LogP contribution is -2.50. The van der Waals surface area contributed by atoms with Crippen LogP contribution in [0.4, 0.5) is 5.82 Å². The van der Waals surface area contributed by atoms with E-state index in [1.54, 1.807) is 12.5 Å². The molecule has 0 radical (unpaired) electrons. The third-order valence-corrected chi connectivity index (χ3v) is 7.73. The minimum absolute atomic E-state index is 0.0377. The highest BCUT2D eigenvalue weighted by Crippen LogP contribution is 2.38. The summed E-state index contributed by atoms with van der Waals surface area (Å²) in [7, 11) is 0. The molecule has 3 atom stereocenters. The van der Waals surface area contributed by atoms with Crippen LogP contribution in [0, 0.1) is 6.92 Å². The van der Waals surface area contributed by atoms with Crippen molar-refractivity contribution in [2.24, 2.45) is 0 Å². The molecular formula is C29H30N6O2. The van der Waals surface area contributed by atoms with Crippen molar-refractivity contribution >= 4 is 28.7 Å². The highest BCUT2D eigenvalue weighted by molar-refractivity contribution is 6.00. The predicted molar refractivity (Wildman–Crippen MR) is 142 cm³/mol. The molecule has 6 rings (SSSR count). The Morgan fingerprint density at radius 3 is 2.49 bits per heavy atom. The van der Waals surface area contributed by atoms with Gasteiger partial charge in [0.1, 0.15) is 5.82 Å². The number of benzene rings is 2. The second kappa shape index (κ2) is 9.69. The summed E-state index contributed by atoms with van der Waals surface area (Å²) in [6.07, 6.45) is 7.24. The zero-order valence-corrected chi connectivity index (χ0v) is 20.8. The van der Waals surface area contributed by atoms with E-state index in [9.17, 15) is 9.59 Å². The standard InChI is InChI=1S/C29H30N6O2/c1-18-24(10-11-25-27(18)33-17-32-25)29(37)34-21-13-22-8-9-23(14-21)35(22)26-12-7-20(16-30-26)28(36)31-15-19-5-3-2-4-6-19/h2-7,10-12,16-17,21-23H,8-9,13-15H2,1H3,(H,31,36)(H,32,33)(H,34,37)/t21?,22-,23+. The average molecular weight is 495 g/mol. The number of amides is 2. The van der Waals surface area contributed by atoms with Crippen molar-refractivity contribution < 1.29 is 9.59 Å². The van der Waals surface area contributed by atoms with E-state index in [0.29, 0.717) is 29.8 Å². The zero-order valence-electron chi connectivity index (χ0n) is 20.8. The van der Waals surface area contributed by atoms with Gasteiger partial charge in [0.2, 0.25) is 0 Å². The maximum absolute atomic E-state index is 13.1. The van der Waals surface area contributed by atoms with E-state index in [2.05, 4.69) is 30.5 Å². The number of hydrogen-bond donors (Lipinski definition) is 3. The summed E-state index contributed by atoms with van der Waals surface area (Å²) < 4.78 is 0. The van der Waals surface area contributed by atoms with E-state index < -0.39 is 0 Å². The number of hydrogen-bond acceptors (Lipinski definition) is 5. The first-order chi connectivity index (χ1) is 18.1. The number of aromatic amines is 1. The summed E-state index contributed by atoms with van der Waals surface area (Å²) in [5.74, 6) is 0.733. The van der Waals surface area contributed by atoms with E-state index >= 15 is 0 Å². The Morgan fingerprint density at radius 1 is 0.973 bits per heavy atom. The second-order valence-electron chi connectivity index (χ2n) is 10.0. The molecule has 4 heterocycles. The number of H-pyrrole nitrogens is 1. The molecule has 1 unspecified atom stereocenters. The van der Waals surface area contributed by atoms with E-state index in [4.69, 9.17) is 0 Å². The molecule has 8 nitrogen and oxygen atoms in total. The molecule has 0 aliphatic carbocycles. The van der Waals surface area contributed by atoms with Gasteiger partial charge >= 0.3 is 0 Å². The quantitative estimate of drug-likeness (QED) is 0.374. The van der Waals surface area contributed by atoms with Crippen LogP contribution in [0.25, 0.3) is 11.0 Å². The largest absolute Gasteiger partial charge is 0.350 e. The number of aromatic nitrogens is 3. The molecule has 3 N–H and O–H groups in total. The van der Waals surface area contributed by atoms with Crippen LogP contribution in [0.2, 0.25) is 0 Å². The number of nitrogens with zero attached hydrogens (tertiary/aromatic N) is 3. The molecule has 0 saturated carbocycles. The predicted octanol–water partition coefficient (Wildman–Crippen LogP) is 4.13. The van der Waals surface area contributed by atoms with Gasteiger partial charge in [-0.1, -0.05) is 30.3 Å². The van der Waals surface area contributed by atoms with Gasteiger partial charge in [0.25, 0.3) is 11.8 Å². The summed E-state index contributed by atoms with van der Waals surface area (Å²) in [4.78, 5) is 40.2. The first kappa shape index (κ1) is 23.2. The number of imidazole rings is 1. The first-order valence-electron chi connectivity index (χ1n) is 12.9. The molecular weight excluding hydrogens is 464 g/mol. The summed E-state index contributed by atoms with van der Waals surface area (Å²) in [6.45, 7) is 2.43. The van der Waals surface area contributed by atoms with E-state index in [1.807, 2.05) is 61.5 Å². The Kier molecular flexibility index (Phi) is 6.08. The van der Waals surface area contributed by atoms with Gasteiger partial charge in [-0.2, -0.15) is 0 Å². The minimum Gasteiger partial charge on any atom is -0.350 e. The van der Waals surface area contributed by atoms with Crippen LogP contribution in [0.1, 0.15) is 57.5 Å². The summed E-state index contributed by atoms with van der Waals surface area (Å²) >= 11 is 0. The fourth-order valence-corrected chi connectivity index (χ4v) is 5.88. The second-order valence-corrected chi connectivity index (χ2v) is 10.0. The fraction of sp³-hybridized carbons (Fsp3) is 0.310. The Balaban J connectivity index is 1.08. The number of fused-ring (bicyclic) bond motifs is 3. The van der Waals surface area contributed by atoms with Gasteiger partial charge in [0.15, 0.2) is 0 Å². The number of nitrogens with one attached hydrogen (secondary N) is 3. The Morgan fingerprint density at radius 2 is 1.76 bits per heavy atom. The van der Waals surface area contributed by atoms with Crippen molar-refractivity contribution in [3.05, 3.63) is 89.4 Å². The van der Waals surface area contributed by atoms with E-state index in [1.165, 1.54) is 0 Å². The Hall–Kier alpha value is -4.20. The van der Waals surface area contributed by atoms with Crippen molar-refractivity contribution in [1.29, 1.82) is 0 Å². The molecule has 8 heteroatoms. The number of piperidine rings is 1. The van der Waals surface area contributed by atoms with E-state index in [0.717, 1.165) is 53.7 Å². The SMILES string of the molecule is Cc1c(C(=O)NC2C[C@H]3CC[C@@H](C2)N3c2ccc(C(=O)NCc3ccccc3)cn2)ccc2[nH]cnc12. The lowest BCUT2D eigenvalue weighted by Gasteiger charge is -2.40. The van der Waals surface area contributed by atoms with Gasteiger partial charge in [-0.25, -0.2) is 9.97 Å². The number of carbonyl (C=O) groups excluding carboxylic acids is 2. The van der Waals surface area contributed by atoms with Gasteiger partial charge in [0.05, 0.1) is 22.9 Å². The number of anilines is 1. The molecule has 188 valence electrons. The van der Waals surface area contributed by atoms with Gasteiger partial charge in [0, 0.05) is 36.4 Å². The molecule has 4 aromatic rings. The lowest BCUT2D eigenvalue weighted by molar-refractivity contribution is 0.0924. The van der Waals surface area contributed by atoms with Crippen LogP contribution >= 0.6 is 0 Å². The van der Waals surface area contributed by atoms with Crippen molar-refractivity contribution in [1.82, 2.24) is 25.6 Å². The van der Waals surface area contributed by atoms with Crippen LogP contribution in [-0.4, -0.2) is 44.9 Å². The molecule has 2 amide bonds. The van der Waals surface area contributed by atoms with Gasteiger partial charge in [-0.3, -0.25) is 9.59 Å². The number of aryl methyl sites for hydroxylation is 1. The monoisotopic (exact) mass is 494 g/mol. The lowest BCUT2D eigenvalue weighted by atomic mass is 9.96. The van der Waals surface area contributed by atoms with Crippen LogP contribution in [0.3, 0.4) is 0 Å². The van der Waals surface area contributed by atoms with Crippen LogP contribution in [-0.2, 0) is 6.54 Å².